The summed E-state index contributed by atoms with van der Waals surface area (Å²) in [5.41, 5.74) is 1.68. The minimum absolute atomic E-state index is 0.486. The summed E-state index contributed by atoms with van der Waals surface area (Å²) in [5, 5.41) is 0. The maximum atomic E-state index is 11.2. The topological polar surface area (TPSA) is 34.4 Å². The highest BCUT2D eigenvalue weighted by atomic mass is 32.1. The molecule has 0 N–H and O–H groups in total. The van der Waals surface area contributed by atoms with Crippen LogP contribution in [0.5, 0.6) is 0 Å². The van der Waals surface area contributed by atoms with Crippen molar-refractivity contribution in [2.24, 2.45) is 0 Å². The molecular weight excluding hydrogens is 232 g/mol. The molecule has 0 spiro atoms. The molecule has 4 heteroatoms. The lowest BCUT2D eigenvalue weighted by atomic mass is 10.2. The number of aromatic nitrogens is 2. The minimum atomic E-state index is 0.486. The number of aldehydes is 1. The van der Waals surface area contributed by atoms with Crippen molar-refractivity contribution >= 4 is 22.6 Å². The predicted molar refractivity (Wildman–Crippen MR) is 71.2 cm³/mol. The van der Waals surface area contributed by atoms with Crippen molar-refractivity contribution in [1.29, 1.82) is 0 Å². The van der Waals surface area contributed by atoms with Gasteiger partial charge in [-0.15, -0.1) is 11.3 Å². The van der Waals surface area contributed by atoms with Crippen LogP contribution in [0.25, 0.3) is 4.96 Å². The second kappa shape index (κ2) is 5.00. The molecule has 0 fully saturated rings. The molecule has 2 aromatic rings. The number of unbranched alkanes of at least 4 members (excludes halogenated alkanes) is 1. The summed E-state index contributed by atoms with van der Waals surface area (Å²) >= 11 is 1.68. The van der Waals surface area contributed by atoms with E-state index in [1.165, 1.54) is 4.88 Å². The molecule has 0 bridgehead atoms. The van der Waals surface area contributed by atoms with Gasteiger partial charge >= 0.3 is 0 Å². The van der Waals surface area contributed by atoms with Gasteiger partial charge in [0, 0.05) is 11.1 Å². The van der Waals surface area contributed by atoms with Gasteiger partial charge in [-0.05, 0) is 18.8 Å². The summed E-state index contributed by atoms with van der Waals surface area (Å²) in [6.07, 6.45) is 6.10. The summed E-state index contributed by atoms with van der Waals surface area (Å²) < 4.78 is 1.94. The van der Waals surface area contributed by atoms with Gasteiger partial charge < -0.3 is 0 Å². The molecule has 0 saturated heterocycles. The monoisotopic (exact) mass is 250 g/mol. The molecule has 0 saturated carbocycles. The zero-order valence-corrected chi connectivity index (χ0v) is 11.4. The molecule has 0 radical (unpaired) electrons. The van der Waals surface area contributed by atoms with Crippen molar-refractivity contribution in [3.05, 3.63) is 22.5 Å². The smallest absolute Gasteiger partial charge is 0.194 e. The first-order valence-electron chi connectivity index (χ1n) is 6.13. The van der Waals surface area contributed by atoms with Crippen LogP contribution in [-0.2, 0) is 6.42 Å². The van der Waals surface area contributed by atoms with E-state index in [-0.39, 0.29) is 0 Å². The first kappa shape index (κ1) is 12.3. The highest BCUT2D eigenvalue weighted by Gasteiger charge is 2.15. The van der Waals surface area contributed by atoms with Crippen molar-refractivity contribution in [3.8, 4) is 0 Å². The summed E-state index contributed by atoms with van der Waals surface area (Å²) in [6, 6.07) is 0. The zero-order valence-electron chi connectivity index (χ0n) is 10.6. The van der Waals surface area contributed by atoms with Crippen LogP contribution in [-0.4, -0.2) is 15.7 Å². The van der Waals surface area contributed by atoms with Gasteiger partial charge in [0.25, 0.3) is 0 Å². The standard InChI is InChI=1S/C13H18N2OS/c1-4-5-6-10-11(8-16)15-7-12(9(2)3)17-13(15)14-10/h7-9H,4-6H2,1-3H3. The number of carbonyl (C=O) groups excluding carboxylic acids is 1. The molecule has 0 aliphatic heterocycles. The number of thiazole rings is 1. The third kappa shape index (κ3) is 2.27. The van der Waals surface area contributed by atoms with Crippen LogP contribution < -0.4 is 0 Å². The Morgan fingerprint density at radius 3 is 2.88 bits per heavy atom. The Balaban J connectivity index is 2.44. The molecule has 2 aromatic heterocycles. The largest absolute Gasteiger partial charge is 0.296 e. The van der Waals surface area contributed by atoms with Crippen molar-refractivity contribution in [2.45, 2.75) is 46.0 Å². The predicted octanol–water partition coefficient (Wildman–Crippen LogP) is 3.67. The fraction of sp³-hybridized carbons (Fsp3) is 0.538. The van der Waals surface area contributed by atoms with E-state index < -0.39 is 0 Å². The van der Waals surface area contributed by atoms with Crippen molar-refractivity contribution < 1.29 is 4.79 Å². The van der Waals surface area contributed by atoms with Gasteiger partial charge in [0.2, 0.25) is 0 Å². The maximum Gasteiger partial charge on any atom is 0.194 e. The lowest BCUT2D eigenvalue weighted by Crippen LogP contribution is -1.95. The van der Waals surface area contributed by atoms with Crippen LogP contribution in [0.4, 0.5) is 0 Å². The second-order valence-corrected chi connectivity index (χ2v) is 5.65. The SMILES string of the molecule is CCCCc1nc2sc(C(C)C)cn2c1C=O. The third-order valence-electron chi connectivity index (χ3n) is 2.91. The minimum Gasteiger partial charge on any atom is -0.296 e. The molecule has 0 aromatic carbocycles. The van der Waals surface area contributed by atoms with E-state index >= 15 is 0 Å². The zero-order chi connectivity index (χ0) is 12.4. The number of aryl methyl sites for hydroxylation is 1. The maximum absolute atomic E-state index is 11.2. The van der Waals surface area contributed by atoms with Crippen LogP contribution >= 0.6 is 11.3 Å². The van der Waals surface area contributed by atoms with E-state index in [2.05, 4.69) is 32.0 Å². The Bertz CT molecular complexity index is 525. The molecule has 0 aliphatic rings. The fourth-order valence-corrected chi connectivity index (χ4v) is 2.85. The van der Waals surface area contributed by atoms with Gasteiger partial charge in [0.1, 0.15) is 5.69 Å². The molecule has 0 amide bonds. The summed E-state index contributed by atoms with van der Waals surface area (Å²) in [4.78, 5) is 18.0. The van der Waals surface area contributed by atoms with Gasteiger partial charge in [0.05, 0.1) is 5.69 Å². The van der Waals surface area contributed by atoms with Crippen molar-refractivity contribution in [2.75, 3.05) is 0 Å². The molecule has 2 rings (SSSR count). The first-order valence-corrected chi connectivity index (χ1v) is 6.94. The normalized spacial score (nSPS) is 11.5. The molecular formula is C13H18N2OS. The van der Waals surface area contributed by atoms with Gasteiger partial charge in [-0.25, -0.2) is 4.98 Å². The molecule has 17 heavy (non-hydrogen) atoms. The third-order valence-corrected chi connectivity index (χ3v) is 4.19. The fourth-order valence-electron chi connectivity index (χ4n) is 1.84. The number of hydrogen-bond acceptors (Lipinski definition) is 3. The Labute approximate surface area is 105 Å². The molecule has 92 valence electrons. The Morgan fingerprint density at radius 2 is 2.29 bits per heavy atom. The van der Waals surface area contributed by atoms with Crippen LogP contribution in [0, 0.1) is 0 Å². The van der Waals surface area contributed by atoms with Gasteiger partial charge in [-0.3, -0.25) is 9.20 Å². The number of fused-ring (bicyclic) bond motifs is 1. The number of rotatable bonds is 5. The van der Waals surface area contributed by atoms with Crippen LogP contribution in [0.15, 0.2) is 6.20 Å². The molecule has 2 heterocycles. The summed E-state index contributed by atoms with van der Waals surface area (Å²) in [6.45, 7) is 6.46. The Hall–Kier alpha value is -1.16. The highest BCUT2D eigenvalue weighted by Crippen LogP contribution is 2.27. The molecule has 0 aliphatic carbocycles. The van der Waals surface area contributed by atoms with E-state index in [1.54, 1.807) is 11.3 Å². The molecule has 3 nitrogen and oxygen atoms in total. The van der Waals surface area contributed by atoms with Crippen molar-refractivity contribution in [3.63, 3.8) is 0 Å². The van der Waals surface area contributed by atoms with Crippen LogP contribution in [0.1, 0.15) is 60.6 Å². The van der Waals surface area contributed by atoms with E-state index in [9.17, 15) is 4.79 Å². The Morgan fingerprint density at radius 1 is 1.53 bits per heavy atom. The first-order chi connectivity index (χ1) is 8.17. The van der Waals surface area contributed by atoms with Gasteiger partial charge in [-0.2, -0.15) is 0 Å². The number of hydrogen-bond donors (Lipinski definition) is 0. The van der Waals surface area contributed by atoms with E-state index in [0.29, 0.717) is 5.92 Å². The van der Waals surface area contributed by atoms with Crippen LogP contribution in [0.3, 0.4) is 0 Å². The number of imidazole rings is 1. The summed E-state index contributed by atoms with van der Waals surface area (Å²) in [5.74, 6) is 0.486. The molecule has 0 unspecified atom stereocenters. The Kier molecular flexibility index (Phi) is 3.62. The quantitative estimate of drug-likeness (QED) is 0.759. The lowest BCUT2D eigenvalue weighted by molar-refractivity contribution is 0.111. The lowest BCUT2D eigenvalue weighted by Gasteiger charge is -1.98. The number of nitrogens with zero attached hydrogens (tertiary/aromatic N) is 2. The van der Waals surface area contributed by atoms with E-state index in [1.807, 2.05) is 4.40 Å². The van der Waals surface area contributed by atoms with Crippen LogP contribution in [0.2, 0.25) is 0 Å². The average Bonchev–Trinajstić information content (AvgIpc) is 2.82. The molecule has 0 atom stereocenters. The van der Waals surface area contributed by atoms with E-state index in [0.717, 1.165) is 41.9 Å². The number of carbonyl (C=O) groups is 1. The summed E-state index contributed by atoms with van der Waals surface area (Å²) in [7, 11) is 0. The highest BCUT2D eigenvalue weighted by molar-refractivity contribution is 7.17. The van der Waals surface area contributed by atoms with Gasteiger partial charge in [0.15, 0.2) is 11.2 Å². The average molecular weight is 250 g/mol. The van der Waals surface area contributed by atoms with E-state index in [4.69, 9.17) is 0 Å². The van der Waals surface area contributed by atoms with Crippen molar-refractivity contribution in [1.82, 2.24) is 9.38 Å². The second-order valence-electron chi connectivity index (χ2n) is 4.61. The van der Waals surface area contributed by atoms with Gasteiger partial charge in [-0.1, -0.05) is 27.2 Å².